The third kappa shape index (κ3) is 8.94. The number of rotatable bonds is 10. The Morgan fingerprint density at radius 1 is 0.950 bits per heavy atom. The van der Waals surface area contributed by atoms with E-state index < -0.39 is 45.8 Å². The van der Waals surface area contributed by atoms with Crippen LogP contribution in [0.25, 0.3) is 0 Å². The first-order valence-corrected chi connectivity index (χ1v) is 15.1. The van der Waals surface area contributed by atoms with Crippen LogP contribution in [0.5, 0.6) is 0 Å². The molecule has 40 heavy (non-hydrogen) atoms. The van der Waals surface area contributed by atoms with Crippen molar-refractivity contribution in [3.63, 3.8) is 0 Å². The number of carbonyl (C=O) groups is 2. The molecule has 0 fully saturated rings. The number of benzene rings is 3. The number of nitrogens with one attached hydrogen (secondary N) is 1. The number of hydrogen-bond donors (Lipinski definition) is 1. The van der Waals surface area contributed by atoms with Gasteiger partial charge in [-0.15, -0.1) is 0 Å². The van der Waals surface area contributed by atoms with Gasteiger partial charge >= 0.3 is 0 Å². The number of carbonyl (C=O) groups excluding carboxylic acids is 2. The predicted molar refractivity (Wildman–Crippen MR) is 157 cm³/mol. The van der Waals surface area contributed by atoms with E-state index in [1.54, 1.807) is 0 Å². The molecule has 214 valence electrons. The fourth-order valence-electron chi connectivity index (χ4n) is 4.07. The van der Waals surface area contributed by atoms with Crippen LogP contribution >= 0.6 is 23.2 Å². The number of hydrogen-bond acceptors (Lipinski definition) is 4. The van der Waals surface area contributed by atoms with E-state index in [0.717, 1.165) is 16.1 Å². The van der Waals surface area contributed by atoms with Gasteiger partial charge in [0.1, 0.15) is 18.4 Å². The summed E-state index contributed by atoms with van der Waals surface area (Å²) in [5.74, 6) is -1.53. The molecule has 3 aromatic carbocycles. The lowest BCUT2D eigenvalue weighted by molar-refractivity contribution is -0.140. The summed E-state index contributed by atoms with van der Waals surface area (Å²) in [6.45, 7) is 4.75. The van der Waals surface area contributed by atoms with Crippen molar-refractivity contribution < 1.29 is 22.4 Å². The van der Waals surface area contributed by atoms with Gasteiger partial charge in [0.25, 0.3) is 0 Å². The molecule has 1 unspecified atom stereocenters. The Labute approximate surface area is 244 Å². The van der Waals surface area contributed by atoms with Crippen molar-refractivity contribution in [3.05, 3.63) is 99.8 Å². The van der Waals surface area contributed by atoms with Gasteiger partial charge < -0.3 is 10.2 Å². The molecule has 0 spiro atoms. The van der Waals surface area contributed by atoms with Gasteiger partial charge in [-0.2, -0.15) is 0 Å². The molecule has 0 bridgehead atoms. The standard InChI is InChI=1S/C29H32Cl2FN3O4S/c1-29(2,3)33-28(37)26(16-20-8-6-5-7-9-20)34(18-21-10-13-23(32)14-11-21)27(36)19-35(40(4,38)39)25-17-22(30)12-15-24(25)31/h5-15,17,26H,16,18-19H2,1-4H3,(H,33,37). The summed E-state index contributed by atoms with van der Waals surface area (Å²) in [5, 5.41) is 3.25. The van der Waals surface area contributed by atoms with Crippen molar-refractivity contribution in [2.75, 3.05) is 17.1 Å². The van der Waals surface area contributed by atoms with Crippen LogP contribution < -0.4 is 9.62 Å². The molecule has 3 aromatic rings. The van der Waals surface area contributed by atoms with Gasteiger partial charge in [-0.25, -0.2) is 12.8 Å². The molecule has 0 aromatic heterocycles. The van der Waals surface area contributed by atoms with Gasteiger partial charge in [0.2, 0.25) is 21.8 Å². The van der Waals surface area contributed by atoms with Crippen LogP contribution in [0.2, 0.25) is 10.0 Å². The molecule has 0 saturated heterocycles. The van der Waals surface area contributed by atoms with Gasteiger partial charge in [0, 0.05) is 23.5 Å². The summed E-state index contributed by atoms with van der Waals surface area (Å²) < 4.78 is 40.3. The van der Waals surface area contributed by atoms with Crippen LogP contribution in [0.4, 0.5) is 10.1 Å². The van der Waals surface area contributed by atoms with Crippen LogP contribution in [0.1, 0.15) is 31.9 Å². The van der Waals surface area contributed by atoms with E-state index in [0.29, 0.717) is 5.56 Å². The van der Waals surface area contributed by atoms with E-state index in [4.69, 9.17) is 23.2 Å². The van der Waals surface area contributed by atoms with Gasteiger partial charge in [-0.05, 0) is 62.2 Å². The van der Waals surface area contributed by atoms with Crippen molar-refractivity contribution in [2.45, 2.75) is 45.3 Å². The zero-order valence-electron chi connectivity index (χ0n) is 22.7. The Hall–Kier alpha value is -3.14. The number of anilines is 1. The minimum Gasteiger partial charge on any atom is -0.350 e. The maximum Gasteiger partial charge on any atom is 0.244 e. The molecule has 3 rings (SSSR count). The number of sulfonamides is 1. The normalized spacial score (nSPS) is 12.5. The third-order valence-corrected chi connectivity index (χ3v) is 7.57. The predicted octanol–water partition coefficient (Wildman–Crippen LogP) is 5.45. The number of amides is 2. The van der Waals surface area contributed by atoms with Crippen LogP contribution in [0.15, 0.2) is 72.8 Å². The Balaban J connectivity index is 2.09. The lowest BCUT2D eigenvalue weighted by atomic mass is 10.0. The Kier molecular flexibility index (Phi) is 10.2. The minimum atomic E-state index is -4.01. The molecule has 0 aliphatic heterocycles. The molecule has 1 atom stereocenters. The highest BCUT2D eigenvalue weighted by atomic mass is 35.5. The Morgan fingerprint density at radius 3 is 2.15 bits per heavy atom. The molecule has 0 aliphatic rings. The summed E-state index contributed by atoms with van der Waals surface area (Å²) in [7, 11) is -4.01. The first-order valence-electron chi connectivity index (χ1n) is 12.5. The molecule has 7 nitrogen and oxygen atoms in total. The largest absolute Gasteiger partial charge is 0.350 e. The number of nitrogens with zero attached hydrogens (tertiary/aromatic N) is 2. The smallest absolute Gasteiger partial charge is 0.244 e. The van der Waals surface area contributed by atoms with Gasteiger partial charge in [-0.1, -0.05) is 65.7 Å². The first-order chi connectivity index (χ1) is 18.6. The summed E-state index contributed by atoms with van der Waals surface area (Å²) in [4.78, 5) is 29.0. The van der Waals surface area contributed by atoms with Gasteiger partial charge in [-0.3, -0.25) is 13.9 Å². The van der Waals surface area contributed by atoms with E-state index in [1.807, 2.05) is 51.1 Å². The average molecular weight is 609 g/mol. The molecule has 2 amide bonds. The van der Waals surface area contributed by atoms with Gasteiger partial charge in [0.05, 0.1) is 17.0 Å². The zero-order valence-corrected chi connectivity index (χ0v) is 25.0. The first kappa shape index (κ1) is 31.4. The molecule has 0 aliphatic carbocycles. The Bertz CT molecular complexity index is 1450. The molecular weight excluding hydrogens is 576 g/mol. The second-order valence-electron chi connectivity index (χ2n) is 10.5. The summed E-state index contributed by atoms with van der Waals surface area (Å²) in [5.41, 5.74) is 0.781. The summed E-state index contributed by atoms with van der Waals surface area (Å²) in [6, 6.07) is 18.0. The molecule has 0 radical (unpaired) electrons. The highest BCUT2D eigenvalue weighted by Gasteiger charge is 2.34. The van der Waals surface area contributed by atoms with Crippen molar-refractivity contribution in [1.82, 2.24) is 10.2 Å². The minimum absolute atomic E-state index is 0.0329. The highest BCUT2D eigenvalue weighted by molar-refractivity contribution is 7.92. The maximum absolute atomic E-state index is 14.0. The van der Waals surface area contributed by atoms with Crippen LogP contribution in [-0.2, 0) is 32.6 Å². The van der Waals surface area contributed by atoms with Crippen molar-refractivity contribution >= 4 is 50.7 Å². The monoisotopic (exact) mass is 607 g/mol. The van der Waals surface area contributed by atoms with Crippen molar-refractivity contribution in [3.8, 4) is 0 Å². The second-order valence-corrected chi connectivity index (χ2v) is 13.2. The zero-order chi connectivity index (χ0) is 29.7. The van der Waals surface area contributed by atoms with E-state index in [2.05, 4.69) is 5.32 Å². The summed E-state index contributed by atoms with van der Waals surface area (Å²) in [6.07, 6.45) is 1.11. The number of halogens is 3. The van der Waals surface area contributed by atoms with Gasteiger partial charge in [0.15, 0.2) is 0 Å². The van der Waals surface area contributed by atoms with Crippen LogP contribution in [0, 0.1) is 5.82 Å². The third-order valence-electron chi connectivity index (χ3n) is 5.89. The molecular formula is C29H32Cl2FN3O4S. The van der Waals surface area contributed by atoms with E-state index in [1.165, 1.54) is 47.4 Å². The van der Waals surface area contributed by atoms with E-state index >= 15 is 0 Å². The van der Waals surface area contributed by atoms with Crippen LogP contribution in [-0.4, -0.2) is 49.5 Å². The second kappa shape index (κ2) is 13.0. The van der Waals surface area contributed by atoms with Crippen molar-refractivity contribution in [1.29, 1.82) is 0 Å². The quantitative estimate of drug-likeness (QED) is 0.332. The highest BCUT2D eigenvalue weighted by Crippen LogP contribution is 2.31. The fourth-order valence-corrected chi connectivity index (χ4v) is 5.35. The maximum atomic E-state index is 14.0. The van der Waals surface area contributed by atoms with E-state index in [-0.39, 0.29) is 28.7 Å². The topological polar surface area (TPSA) is 86.8 Å². The van der Waals surface area contributed by atoms with Crippen LogP contribution in [0.3, 0.4) is 0 Å². The molecule has 11 heteroatoms. The summed E-state index contributed by atoms with van der Waals surface area (Å²) >= 11 is 12.4. The average Bonchev–Trinajstić information content (AvgIpc) is 2.86. The fraction of sp³-hybridized carbons (Fsp3) is 0.310. The molecule has 1 N–H and O–H groups in total. The lowest BCUT2D eigenvalue weighted by Crippen LogP contribution is -2.56. The van der Waals surface area contributed by atoms with Crippen molar-refractivity contribution in [2.24, 2.45) is 0 Å². The SMILES string of the molecule is CC(C)(C)NC(=O)C(Cc1ccccc1)N(Cc1ccc(F)cc1)C(=O)CN(c1cc(Cl)ccc1Cl)S(C)(=O)=O. The lowest BCUT2D eigenvalue weighted by Gasteiger charge is -2.35. The molecule has 0 heterocycles. The molecule has 0 saturated carbocycles. The van der Waals surface area contributed by atoms with E-state index in [9.17, 15) is 22.4 Å². The Morgan fingerprint density at radius 2 is 1.57 bits per heavy atom.